The Hall–Kier alpha value is -1.62. The number of aliphatic carboxylic acids is 1. The first kappa shape index (κ1) is 14.8. The van der Waals surface area contributed by atoms with Crippen LogP contribution in [0.3, 0.4) is 0 Å². The smallest absolute Gasteiger partial charge is 0.326 e. The summed E-state index contributed by atoms with van der Waals surface area (Å²) in [5.41, 5.74) is -0.175. The molecule has 1 saturated heterocycles. The number of benzene rings is 1. The molecule has 0 saturated carbocycles. The highest BCUT2D eigenvalue weighted by molar-refractivity contribution is 6.31. The van der Waals surface area contributed by atoms with Gasteiger partial charge < -0.3 is 10.0 Å². The maximum Gasteiger partial charge on any atom is 0.326 e. The zero-order valence-electron chi connectivity index (χ0n) is 10.8. The molecule has 1 aromatic carbocycles. The molecule has 1 heterocycles. The van der Waals surface area contributed by atoms with E-state index in [1.807, 2.05) is 0 Å². The Morgan fingerprint density at radius 3 is 2.75 bits per heavy atom. The number of rotatable bonds is 2. The molecule has 1 N–H and O–H groups in total. The van der Waals surface area contributed by atoms with Crippen molar-refractivity contribution < 1.29 is 19.1 Å². The van der Waals surface area contributed by atoms with Crippen molar-refractivity contribution in [2.24, 2.45) is 0 Å². The number of halogens is 2. The zero-order chi connectivity index (χ0) is 14.7. The average Bonchev–Trinajstić information content (AvgIpc) is 2.66. The molecule has 4 nitrogen and oxygen atoms in total. The molecule has 1 aromatic rings. The standard InChI is InChI=1S/C14H15ClFNO3/c15-9-5-6-11(16)10(8-9)13(18)17-7-3-1-2-4-12(17)14(19)20/h5-6,8,12H,1-4,7H2,(H,19,20). The first-order chi connectivity index (χ1) is 9.50. The SMILES string of the molecule is O=C(O)C1CCCCCN1C(=O)c1cc(Cl)ccc1F. The Balaban J connectivity index is 2.33. The maximum atomic E-state index is 13.8. The van der Waals surface area contributed by atoms with E-state index >= 15 is 0 Å². The van der Waals surface area contributed by atoms with Gasteiger partial charge >= 0.3 is 5.97 Å². The summed E-state index contributed by atoms with van der Waals surface area (Å²) in [4.78, 5) is 24.9. The second kappa shape index (κ2) is 6.22. The molecule has 108 valence electrons. The summed E-state index contributed by atoms with van der Waals surface area (Å²) in [6.07, 6.45) is 2.73. The molecule has 0 radical (unpaired) electrons. The van der Waals surface area contributed by atoms with Crippen LogP contribution in [0.25, 0.3) is 0 Å². The molecular formula is C14H15ClFNO3. The van der Waals surface area contributed by atoms with Gasteiger partial charge in [0.15, 0.2) is 0 Å². The number of hydrogen-bond acceptors (Lipinski definition) is 2. The normalized spacial score (nSPS) is 19.5. The largest absolute Gasteiger partial charge is 0.480 e. The van der Waals surface area contributed by atoms with E-state index in [1.165, 1.54) is 17.0 Å². The Morgan fingerprint density at radius 2 is 2.05 bits per heavy atom. The molecule has 1 aliphatic rings. The molecule has 6 heteroatoms. The quantitative estimate of drug-likeness (QED) is 0.913. The van der Waals surface area contributed by atoms with Gasteiger partial charge in [-0.25, -0.2) is 9.18 Å². The molecule has 1 atom stereocenters. The molecule has 0 aliphatic carbocycles. The van der Waals surface area contributed by atoms with Crippen LogP contribution in [-0.2, 0) is 4.79 Å². The van der Waals surface area contributed by atoms with Crippen LogP contribution in [0.4, 0.5) is 4.39 Å². The summed E-state index contributed by atoms with van der Waals surface area (Å²) in [6.45, 7) is 0.321. The van der Waals surface area contributed by atoms with Gasteiger partial charge in [-0.1, -0.05) is 24.4 Å². The highest BCUT2D eigenvalue weighted by atomic mass is 35.5. The molecule has 20 heavy (non-hydrogen) atoms. The van der Waals surface area contributed by atoms with Crippen LogP contribution < -0.4 is 0 Å². The van der Waals surface area contributed by atoms with Crippen LogP contribution in [0.15, 0.2) is 18.2 Å². The number of hydrogen-bond donors (Lipinski definition) is 1. The third-order valence-corrected chi connectivity index (χ3v) is 3.69. The summed E-state index contributed by atoms with van der Waals surface area (Å²) in [5.74, 6) is -2.35. The van der Waals surface area contributed by atoms with Crippen LogP contribution >= 0.6 is 11.6 Å². The van der Waals surface area contributed by atoms with E-state index in [2.05, 4.69) is 0 Å². The summed E-state index contributed by atoms with van der Waals surface area (Å²) in [5, 5.41) is 9.49. The monoisotopic (exact) mass is 299 g/mol. The first-order valence-corrected chi connectivity index (χ1v) is 6.87. The minimum Gasteiger partial charge on any atom is -0.480 e. The second-order valence-electron chi connectivity index (χ2n) is 4.83. The van der Waals surface area contributed by atoms with Crippen molar-refractivity contribution in [2.75, 3.05) is 6.54 Å². The topological polar surface area (TPSA) is 57.6 Å². The van der Waals surface area contributed by atoms with Crippen molar-refractivity contribution in [3.05, 3.63) is 34.6 Å². The van der Waals surface area contributed by atoms with Gasteiger partial charge in [-0.3, -0.25) is 4.79 Å². The van der Waals surface area contributed by atoms with Gasteiger partial charge in [-0.2, -0.15) is 0 Å². The number of nitrogens with zero attached hydrogens (tertiary/aromatic N) is 1. The van der Waals surface area contributed by atoms with Gasteiger partial charge in [0.2, 0.25) is 0 Å². The van der Waals surface area contributed by atoms with Crippen LogP contribution in [0.1, 0.15) is 36.0 Å². The predicted octanol–water partition coefficient (Wildman–Crippen LogP) is 2.95. The number of carboxylic acid groups (broad SMARTS) is 1. The van der Waals surface area contributed by atoms with E-state index in [-0.39, 0.29) is 10.6 Å². The van der Waals surface area contributed by atoms with E-state index in [1.54, 1.807) is 0 Å². The minimum atomic E-state index is -1.05. The third-order valence-electron chi connectivity index (χ3n) is 3.46. The lowest BCUT2D eigenvalue weighted by molar-refractivity contribution is -0.142. The van der Waals surface area contributed by atoms with Gasteiger partial charge in [-0.15, -0.1) is 0 Å². The molecule has 2 rings (SSSR count). The maximum absolute atomic E-state index is 13.8. The van der Waals surface area contributed by atoms with Gasteiger partial charge in [0.25, 0.3) is 5.91 Å². The van der Waals surface area contributed by atoms with Crippen LogP contribution in [0.2, 0.25) is 5.02 Å². The van der Waals surface area contributed by atoms with Gasteiger partial charge in [0, 0.05) is 11.6 Å². The number of carbonyl (C=O) groups excluding carboxylic acids is 1. The lowest BCUT2D eigenvalue weighted by Crippen LogP contribution is -2.44. The van der Waals surface area contributed by atoms with Gasteiger partial charge in [0.1, 0.15) is 11.9 Å². The highest BCUT2D eigenvalue weighted by Crippen LogP contribution is 2.22. The molecule has 0 spiro atoms. The Morgan fingerprint density at radius 1 is 1.30 bits per heavy atom. The summed E-state index contributed by atoms with van der Waals surface area (Å²) in [7, 11) is 0. The van der Waals surface area contributed by atoms with Crippen molar-refractivity contribution in [2.45, 2.75) is 31.7 Å². The zero-order valence-corrected chi connectivity index (χ0v) is 11.6. The fraction of sp³-hybridized carbons (Fsp3) is 0.429. The molecule has 1 fully saturated rings. The lowest BCUT2D eigenvalue weighted by atomic mass is 10.1. The van der Waals surface area contributed by atoms with Crippen molar-refractivity contribution in [3.63, 3.8) is 0 Å². The van der Waals surface area contributed by atoms with E-state index in [4.69, 9.17) is 11.6 Å². The molecule has 1 amide bonds. The van der Waals surface area contributed by atoms with Crippen molar-refractivity contribution in [1.82, 2.24) is 4.90 Å². The van der Waals surface area contributed by atoms with Crippen LogP contribution in [0, 0.1) is 5.82 Å². The molecule has 0 bridgehead atoms. The summed E-state index contributed by atoms with van der Waals surface area (Å²) < 4.78 is 13.8. The molecule has 1 unspecified atom stereocenters. The third kappa shape index (κ3) is 3.10. The van der Waals surface area contributed by atoms with Crippen LogP contribution in [0.5, 0.6) is 0 Å². The van der Waals surface area contributed by atoms with Gasteiger partial charge in [0.05, 0.1) is 5.56 Å². The Kier molecular flexibility index (Phi) is 4.60. The summed E-state index contributed by atoms with van der Waals surface area (Å²) in [6, 6.07) is 2.81. The predicted molar refractivity (Wildman–Crippen MR) is 72.3 cm³/mol. The fourth-order valence-corrected chi connectivity index (χ4v) is 2.60. The van der Waals surface area contributed by atoms with Gasteiger partial charge in [-0.05, 0) is 31.0 Å². The number of carbonyl (C=O) groups is 2. The number of likely N-dealkylation sites (tertiary alicyclic amines) is 1. The average molecular weight is 300 g/mol. The van der Waals surface area contributed by atoms with E-state index in [0.29, 0.717) is 13.0 Å². The number of amides is 1. The summed E-state index contributed by atoms with van der Waals surface area (Å²) >= 11 is 5.78. The highest BCUT2D eigenvalue weighted by Gasteiger charge is 2.32. The molecule has 0 aromatic heterocycles. The van der Waals surface area contributed by atoms with Crippen molar-refractivity contribution in [1.29, 1.82) is 0 Å². The van der Waals surface area contributed by atoms with E-state index in [9.17, 15) is 19.1 Å². The van der Waals surface area contributed by atoms with Crippen LogP contribution in [-0.4, -0.2) is 34.5 Å². The fourth-order valence-electron chi connectivity index (χ4n) is 2.42. The van der Waals surface area contributed by atoms with Crippen molar-refractivity contribution >= 4 is 23.5 Å². The van der Waals surface area contributed by atoms with Crippen molar-refractivity contribution in [3.8, 4) is 0 Å². The molecule has 1 aliphatic heterocycles. The number of carboxylic acids is 1. The minimum absolute atomic E-state index is 0.175. The first-order valence-electron chi connectivity index (χ1n) is 6.49. The van der Waals surface area contributed by atoms with E-state index in [0.717, 1.165) is 25.3 Å². The Bertz CT molecular complexity index is 535. The Labute approximate surface area is 121 Å². The second-order valence-corrected chi connectivity index (χ2v) is 5.26. The van der Waals surface area contributed by atoms with E-state index < -0.39 is 23.7 Å². The molecular weight excluding hydrogens is 285 g/mol. The lowest BCUT2D eigenvalue weighted by Gasteiger charge is -2.27.